The molecule has 3 aromatic carbocycles. The van der Waals surface area contributed by atoms with Crippen molar-refractivity contribution in [1.82, 2.24) is 10.6 Å². The van der Waals surface area contributed by atoms with E-state index in [0.29, 0.717) is 76.1 Å². The molecule has 0 spiro atoms. The number of hydrogen-bond acceptors (Lipinski definition) is 9. The molecule has 2 aliphatic heterocycles. The number of para-hydroxylation sites is 2. The number of ether oxygens (including phenoxy) is 2. The SMILES string of the molecule is C=C(CN)CCNC(=O)OCCN1/C(=C/C=C2\CCCC(/C=C/C3N(CCOC(=O)NCCC(=C)CN)c4ccccc4C3(C)C)=C2c2ccc(C(=C)CN)c(F)c2F)C(C)(C)c2ccccc21. The van der Waals surface area contributed by atoms with Gasteiger partial charge in [-0.05, 0) is 83.7 Å². The maximum absolute atomic E-state index is 16.7. The number of amides is 2. The average molecular weight is 930 g/mol. The number of benzene rings is 3. The molecule has 0 fully saturated rings. The second-order valence-corrected chi connectivity index (χ2v) is 18.7. The van der Waals surface area contributed by atoms with Gasteiger partial charge in [-0.2, -0.15) is 0 Å². The molecular weight excluding hydrogens is 861 g/mol. The van der Waals surface area contributed by atoms with E-state index in [-0.39, 0.29) is 42.3 Å². The van der Waals surface area contributed by atoms with Crippen LogP contribution in [0.4, 0.5) is 29.7 Å². The van der Waals surface area contributed by atoms with Crippen LogP contribution in [-0.2, 0) is 20.3 Å². The molecule has 2 heterocycles. The fourth-order valence-electron chi connectivity index (χ4n) is 9.53. The van der Waals surface area contributed by atoms with Gasteiger partial charge in [0.05, 0.1) is 19.1 Å². The monoisotopic (exact) mass is 930 g/mol. The molecule has 362 valence electrons. The summed E-state index contributed by atoms with van der Waals surface area (Å²) in [4.78, 5) is 29.7. The number of alkyl carbamates (subject to hydrolysis) is 2. The van der Waals surface area contributed by atoms with Gasteiger partial charge >= 0.3 is 12.2 Å². The zero-order valence-electron chi connectivity index (χ0n) is 40.2. The molecule has 0 aromatic heterocycles. The fourth-order valence-corrected chi connectivity index (χ4v) is 9.53. The molecule has 13 heteroatoms. The third-order valence-corrected chi connectivity index (χ3v) is 13.4. The van der Waals surface area contributed by atoms with E-state index >= 15 is 8.78 Å². The summed E-state index contributed by atoms with van der Waals surface area (Å²) in [5, 5.41) is 5.54. The van der Waals surface area contributed by atoms with Crippen LogP contribution in [0.15, 0.2) is 133 Å². The third-order valence-electron chi connectivity index (χ3n) is 13.4. The van der Waals surface area contributed by atoms with Crippen molar-refractivity contribution in [1.29, 1.82) is 0 Å². The van der Waals surface area contributed by atoms with E-state index in [4.69, 9.17) is 26.7 Å². The van der Waals surface area contributed by atoms with Crippen molar-refractivity contribution >= 4 is 34.7 Å². The Morgan fingerprint density at radius 2 is 1.37 bits per heavy atom. The van der Waals surface area contributed by atoms with Crippen molar-refractivity contribution in [3.05, 3.63) is 167 Å². The molecular formula is C55H69F2N7O4. The Balaban J connectivity index is 1.37. The number of carbonyl (C=O) groups is 2. The molecule has 0 saturated carbocycles. The maximum Gasteiger partial charge on any atom is 0.407 e. The summed E-state index contributed by atoms with van der Waals surface area (Å²) in [6.07, 6.45) is 10.4. The number of anilines is 2. The number of allylic oxidation sites excluding steroid dienone is 7. The summed E-state index contributed by atoms with van der Waals surface area (Å²) in [5.74, 6) is -1.95. The Morgan fingerprint density at radius 3 is 2.00 bits per heavy atom. The Hall–Kier alpha value is -6.28. The van der Waals surface area contributed by atoms with E-state index in [1.165, 1.54) is 0 Å². The lowest BCUT2D eigenvalue weighted by atomic mass is 9.78. The van der Waals surface area contributed by atoms with Crippen LogP contribution in [-0.4, -0.2) is 77.3 Å². The average Bonchev–Trinajstić information content (AvgIpc) is 3.68. The molecule has 8 N–H and O–H groups in total. The van der Waals surface area contributed by atoms with E-state index in [2.05, 4.69) is 110 Å². The van der Waals surface area contributed by atoms with E-state index in [1.807, 2.05) is 30.3 Å². The number of nitrogens with two attached hydrogens (primary N) is 3. The number of nitrogens with zero attached hydrogens (tertiary/aromatic N) is 2. The Kier molecular flexibility index (Phi) is 17.0. The number of rotatable bonds is 20. The van der Waals surface area contributed by atoms with E-state index in [9.17, 15) is 9.59 Å². The minimum absolute atomic E-state index is 0.0167. The fraction of sp³-hybridized carbons (Fsp3) is 0.382. The van der Waals surface area contributed by atoms with Crippen LogP contribution in [0.25, 0.3) is 11.1 Å². The van der Waals surface area contributed by atoms with Crippen LogP contribution >= 0.6 is 0 Å². The Morgan fingerprint density at radius 1 is 0.765 bits per heavy atom. The molecule has 0 bridgehead atoms. The first kappa shape index (κ1) is 51.1. The second kappa shape index (κ2) is 22.7. The number of fused-ring (bicyclic) bond motifs is 2. The van der Waals surface area contributed by atoms with E-state index < -0.39 is 29.2 Å². The van der Waals surface area contributed by atoms with Crippen molar-refractivity contribution < 1.29 is 27.8 Å². The number of nitrogens with one attached hydrogen (secondary N) is 2. The number of hydrogen-bond donors (Lipinski definition) is 5. The van der Waals surface area contributed by atoms with Gasteiger partial charge in [-0.25, -0.2) is 18.4 Å². The first-order valence-corrected chi connectivity index (χ1v) is 23.5. The highest BCUT2D eigenvalue weighted by Crippen LogP contribution is 2.49. The van der Waals surface area contributed by atoms with Gasteiger partial charge in [0.15, 0.2) is 11.6 Å². The van der Waals surface area contributed by atoms with E-state index in [1.54, 1.807) is 12.1 Å². The zero-order chi connectivity index (χ0) is 49.2. The van der Waals surface area contributed by atoms with Crippen LogP contribution < -0.4 is 37.6 Å². The Labute approximate surface area is 401 Å². The first-order chi connectivity index (χ1) is 32.5. The highest BCUT2D eigenvalue weighted by atomic mass is 19.2. The Bertz CT molecular complexity index is 2520. The number of carbonyl (C=O) groups excluding carboxylic acids is 2. The van der Waals surface area contributed by atoms with Crippen LogP contribution in [0.2, 0.25) is 0 Å². The molecule has 3 aromatic rings. The molecule has 1 atom stereocenters. The minimum atomic E-state index is -0.990. The summed E-state index contributed by atoms with van der Waals surface area (Å²) in [6.45, 7) is 22.9. The molecule has 1 aliphatic carbocycles. The lowest BCUT2D eigenvalue weighted by molar-refractivity contribution is 0.148. The quantitative estimate of drug-likeness (QED) is 0.0696. The van der Waals surface area contributed by atoms with Crippen LogP contribution in [0.1, 0.15) is 82.1 Å². The lowest BCUT2D eigenvalue weighted by Crippen LogP contribution is -2.42. The second-order valence-electron chi connectivity index (χ2n) is 18.7. The highest BCUT2D eigenvalue weighted by molar-refractivity contribution is 5.86. The normalized spacial score (nSPS) is 18.2. The predicted octanol–water partition coefficient (Wildman–Crippen LogP) is 9.47. The van der Waals surface area contributed by atoms with E-state index in [0.717, 1.165) is 56.9 Å². The molecule has 68 heavy (non-hydrogen) atoms. The standard InChI is InChI=1S/C55H69F2N7O4/c1-36(33-58)25-27-61-52(65)67-31-29-63-45-17-10-8-15-43(45)54(4,5)47(63)23-19-39-13-12-14-40(49(39)42-22-21-41(38(3)35-60)50(56)51(42)57)20-24-48-55(6,7)44-16-9-11-18-46(44)64(48)30-32-68-53(66)62-28-26-37(2)34-59/h8-11,15-24,47H,1-3,12-14,25-35,58-60H2,4-7H3,(H,61,65)(H,62,66)/b23-19+,40-20+,48-24+. The first-order valence-electron chi connectivity index (χ1n) is 23.5. The smallest absolute Gasteiger partial charge is 0.407 e. The molecule has 0 radical (unpaired) electrons. The topological polar surface area (TPSA) is 161 Å². The van der Waals surface area contributed by atoms with Crippen molar-refractivity contribution in [2.24, 2.45) is 17.2 Å². The van der Waals surface area contributed by atoms with Gasteiger partial charge in [0.1, 0.15) is 13.2 Å². The molecule has 11 nitrogen and oxygen atoms in total. The summed E-state index contributed by atoms with van der Waals surface area (Å²) in [7, 11) is 0. The van der Waals surface area contributed by atoms with Crippen LogP contribution in [0, 0.1) is 11.6 Å². The van der Waals surface area contributed by atoms with Crippen molar-refractivity contribution in [3.8, 4) is 0 Å². The van der Waals surface area contributed by atoms with Gasteiger partial charge in [-0.15, -0.1) is 0 Å². The van der Waals surface area contributed by atoms with Crippen LogP contribution in [0.5, 0.6) is 0 Å². The molecule has 2 amide bonds. The van der Waals surface area contributed by atoms with Crippen molar-refractivity contribution in [2.75, 3.05) is 68.8 Å². The van der Waals surface area contributed by atoms with Gasteiger partial charge in [-0.3, -0.25) is 0 Å². The van der Waals surface area contributed by atoms with Crippen LogP contribution in [0.3, 0.4) is 0 Å². The summed E-state index contributed by atoms with van der Waals surface area (Å²) < 4.78 is 44.1. The molecule has 6 rings (SSSR count). The third kappa shape index (κ3) is 11.3. The summed E-state index contributed by atoms with van der Waals surface area (Å²) in [6, 6.07) is 19.4. The molecule has 3 aliphatic rings. The van der Waals surface area contributed by atoms with Gasteiger partial charge in [0, 0.05) is 71.8 Å². The van der Waals surface area contributed by atoms with Gasteiger partial charge in [-0.1, -0.05) is 125 Å². The van der Waals surface area contributed by atoms with Crippen molar-refractivity contribution in [3.63, 3.8) is 0 Å². The van der Waals surface area contributed by atoms with Gasteiger partial charge in [0.25, 0.3) is 0 Å². The highest BCUT2D eigenvalue weighted by Gasteiger charge is 2.43. The minimum Gasteiger partial charge on any atom is -0.448 e. The summed E-state index contributed by atoms with van der Waals surface area (Å²) in [5.41, 5.74) is 26.1. The lowest BCUT2D eigenvalue weighted by Gasteiger charge is -2.33. The number of halogens is 2. The maximum atomic E-state index is 16.7. The summed E-state index contributed by atoms with van der Waals surface area (Å²) >= 11 is 0. The van der Waals surface area contributed by atoms with Gasteiger partial charge < -0.3 is 47.1 Å². The van der Waals surface area contributed by atoms with Crippen molar-refractivity contribution in [2.45, 2.75) is 76.7 Å². The molecule has 1 unspecified atom stereocenters. The van der Waals surface area contributed by atoms with Gasteiger partial charge in [0.2, 0.25) is 0 Å². The predicted molar refractivity (Wildman–Crippen MR) is 272 cm³/mol. The zero-order valence-corrected chi connectivity index (χ0v) is 40.2. The largest absolute Gasteiger partial charge is 0.448 e. The molecule has 0 saturated heterocycles.